The number of nitrogens with zero attached hydrogens (tertiary/aromatic N) is 2. The lowest BCUT2D eigenvalue weighted by Crippen LogP contribution is -2.32. The fourth-order valence-electron chi connectivity index (χ4n) is 2.41. The molecule has 1 saturated heterocycles. The van der Waals surface area contributed by atoms with Crippen LogP contribution in [-0.2, 0) is 4.74 Å². The molecule has 1 aliphatic heterocycles. The normalized spacial score (nSPS) is 30.2. The second-order valence-electron chi connectivity index (χ2n) is 4.65. The molecule has 4 atom stereocenters. The van der Waals surface area contributed by atoms with Crippen molar-refractivity contribution in [1.82, 2.24) is 9.38 Å². The Bertz CT molecular complexity index is 648. The van der Waals surface area contributed by atoms with Crippen LogP contribution < -0.4 is 0 Å². The number of pyridine rings is 1. The van der Waals surface area contributed by atoms with Gasteiger partial charge in [0.05, 0.1) is 12.3 Å². The zero-order valence-corrected chi connectivity index (χ0v) is 11.7. The smallest absolute Gasteiger partial charge is 0.148 e. The molecule has 20 heavy (non-hydrogen) atoms. The highest BCUT2D eigenvalue weighted by Gasteiger charge is 2.44. The largest absolute Gasteiger partial charge is 0.394 e. The first-order valence-corrected chi connectivity index (χ1v) is 6.73. The van der Waals surface area contributed by atoms with E-state index in [1.165, 1.54) is 0 Å². The summed E-state index contributed by atoms with van der Waals surface area (Å²) in [5.74, 6) is 0. The van der Waals surface area contributed by atoms with Crippen LogP contribution in [0.4, 0.5) is 0 Å². The van der Waals surface area contributed by atoms with E-state index in [9.17, 15) is 10.2 Å². The number of fused-ring (bicyclic) bond motifs is 1. The fourth-order valence-corrected chi connectivity index (χ4v) is 2.81. The Morgan fingerprint density at radius 2 is 2.00 bits per heavy atom. The van der Waals surface area contributed by atoms with Crippen LogP contribution >= 0.6 is 23.2 Å². The first-order chi connectivity index (χ1) is 9.51. The van der Waals surface area contributed by atoms with Crippen LogP contribution in [0.15, 0.2) is 18.3 Å². The van der Waals surface area contributed by atoms with Gasteiger partial charge in [-0.15, -0.1) is 0 Å². The Kier molecular flexibility index (Phi) is 3.62. The number of ether oxygens (including phenoxy) is 1. The molecule has 1 aliphatic rings. The lowest BCUT2D eigenvalue weighted by atomic mass is 10.1. The van der Waals surface area contributed by atoms with E-state index < -0.39 is 24.4 Å². The number of aromatic nitrogens is 2. The third-order valence-corrected chi connectivity index (χ3v) is 3.77. The van der Waals surface area contributed by atoms with Gasteiger partial charge in [0.25, 0.3) is 0 Å². The third-order valence-electron chi connectivity index (χ3n) is 3.37. The van der Waals surface area contributed by atoms with Gasteiger partial charge in [-0.2, -0.15) is 0 Å². The fraction of sp³-hybridized carbons (Fsp3) is 0.417. The van der Waals surface area contributed by atoms with Crippen LogP contribution in [0.5, 0.6) is 0 Å². The summed E-state index contributed by atoms with van der Waals surface area (Å²) in [6.45, 7) is -0.386. The number of hydrogen-bond acceptors (Lipinski definition) is 5. The summed E-state index contributed by atoms with van der Waals surface area (Å²) in [7, 11) is 0. The van der Waals surface area contributed by atoms with Crippen molar-refractivity contribution < 1.29 is 20.1 Å². The van der Waals surface area contributed by atoms with Gasteiger partial charge in [0, 0.05) is 17.3 Å². The molecular weight excluding hydrogens is 307 g/mol. The predicted octanol–water partition coefficient (Wildman–Crippen LogP) is 0.795. The minimum Gasteiger partial charge on any atom is -0.394 e. The summed E-state index contributed by atoms with van der Waals surface area (Å²) in [5, 5.41) is 29.7. The summed E-state index contributed by atoms with van der Waals surface area (Å²) in [4.78, 5) is 4.08. The molecule has 8 heteroatoms. The molecule has 3 heterocycles. The third kappa shape index (κ3) is 2.18. The molecule has 1 unspecified atom stereocenters. The number of imidazole rings is 1. The van der Waals surface area contributed by atoms with E-state index in [4.69, 9.17) is 33.0 Å². The van der Waals surface area contributed by atoms with Crippen LogP contribution in [0.3, 0.4) is 0 Å². The Morgan fingerprint density at radius 1 is 1.25 bits per heavy atom. The van der Waals surface area contributed by atoms with Gasteiger partial charge in [0.1, 0.15) is 35.2 Å². The van der Waals surface area contributed by atoms with Crippen molar-refractivity contribution in [3.8, 4) is 0 Å². The van der Waals surface area contributed by atoms with Gasteiger partial charge in [0.2, 0.25) is 0 Å². The molecule has 0 spiro atoms. The molecule has 0 amide bonds. The number of aliphatic hydroxyl groups excluding tert-OH is 3. The van der Waals surface area contributed by atoms with Gasteiger partial charge in [-0.05, 0) is 6.07 Å². The predicted molar refractivity (Wildman–Crippen MR) is 71.9 cm³/mol. The molecule has 0 aliphatic carbocycles. The van der Waals surface area contributed by atoms with Crippen LogP contribution in [0.2, 0.25) is 10.2 Å². The van der Waals surface area contributed by atoms with Gasteiger partial charge in [-0.3, -0.25) is 4.40 Å². The van der Waals surface area contributed by atoms with Gasteiger partial charge >= 0.3 is 0 Å². The Morgan fingerprint density at radius 3 is 2.65 bits per heavy atom. The van der Waals surface area contributed by atoms with Gasteiger partial charge in [-0.1, -0.05) is 23.2 Å². The number of rotatable bonds is 2. The molecule has 0 aromatic carbocycles. The maximum Gasteiger partial charge on any atom is 0.148 e. The number of hydrogen-bond donors (Lipinski definition) is 3. The van der Waals surface area contributed by atoms with Crippen molar-refractivity contribution in [3.63, 3.8) is 0 Å². The van der Waals surface area contributed by atoms with Crippen LogP contribution in [-0.4, -0.2) is 49.6 Å². The Labute approximate surface area is 124 Å². The molecular formula is C12H12Cl2N2O4. The summed E-state index contributed by atoms with van der Waals surface area (Å²) < 4.78 is 7.13. The lowest BCUT2D eigenvalue weighted by molar-refractivity contribution is -0.0242. The average molecular weight is 319 g/mol. The van der Waals surface area contributed by atoms with E-state index in [1.54, 1.807) is 22.7 Å². The summed E-state index contributed by atoms with van der Waals surface area (Å²) in [6, 6.07) is 3.23. The zero-order valence-electron chi connectivity index (χ0n) is 10.1. The topological polar surface area (TPSA) is 87.2 Å². The van der Waals surface area contributed by atoms with Gasteiger partial charge in [0.15, 0.2) is 0 Å². The minimum absolute atomic E-state index is 0.278. The van der Waals surface area contributed by atoms with Crippen LogP contribution in [0, 0.1) is 0 Å². The number of aliphatic hydroxyl groups is 3. The molecule has 0 radical (unpaired) electrons. The minimum atomic E-state index is -1.17. The Hall–Kier alpha value is -0.890. The first kappa shape index (κ1) is 14.1. The van der Waals surface area contributed by atoms with E-state index in [1.807, 2.05) is 0 Å². The van der Waals surface area contributed by atoms with E-state index in [0.29, 0.717) is 16.4 Å². The molecule has 3 rings (SSSR count). The van der Waals surface area contributed by atoms with E-state index >= 15 is 0 Å². The van der Waals surface area contributed by atoms with Crippen LogP contribution in [0.1, 0.15) is 11.8 Å². The number of halogens is 2. The van der Waals surface area contributed by atoms with Gasteiger partial charge in [-0.25, -0.2) is 4.98 Å². The first-order valence-electron chi connectivity index (χ1n) is 5.97. The Balaban J connectivity index is 2.10. The summed E-state index contributed by atoms with van der Waals surface area (Å²) in [6.07, 6.45) is -2.44. The molecule has 6 nitrogen and oxygen atoms in total. The van der Waals surface area contributed by atoms with Crippen LogP contribution in [0.25, 0.3) is 5.65 Å². The molecule has 0 saturated carbocycles. The standard InChI is InChI=1S/C12H12Cl2N2O4/c13-5-1-6(16-3-8(14)15-9(16)2-5)12-11(19)10(18)7(4-17)20-12/h1-3,7,10-12,17-19H,4H2/t7-,10-,11-,12?/m1/s1. The van der Waals surface area contributed by atoms with E-state index in [0.717, 1.165) is 0 Å². The molecule has 3 N–H and O–H groups in total. The van der Waals surface area contributed by atoms with Crippen molar-refractivity contribution in [2.75, 3.05) is 6.61 Å². The molecule has 2 aromatic heterocycles. The SMILES string of the molecule is OC[C@H]1OC(c2cc(Cl)cc3nc(Cl)cn23)[C@H](O)[C@@H]1O. The van der Waals surface area contributed by atoms with Crippen molar-refractivity contribution >= 4 is 28.8 Å². The van der Waals surface area contributed by atoms with Crippen molar-refractivity contribution in [3.05, 3.63) is 34.2 Å². The second-order valence-corrected chi connectivity index (χ2v) is 5.47. The monoisotopic (exact) mass is 318 g/mol. The maximum atomic E-state index is 10.1. The van der Waals surface area contributed by atoms with E-state index in [-0.39, 0.29) is 11.8 Å². The maximum absolute atomic E-state index is 10.1. The highest BCUT2D eigenvalue weighted by molar-refractivity contribution is 6.31. The highest BCUT2D eigenvalue weighted by Crippen LogP contribution is 2.35. The summed E-state index contributed by atoms with van der Waals surface area (Å²) in [5.41, 5.74) is 1.02. The van der Waals surface area contributed by atoms with Gasteiger partial charge < -0.3 is 20.1 Å². The lowest BCUT2D eigenvalue weighted by Gasteiger charge is -2.17. The highest BCUT2D eigenvalue weighted by atomic mass is 35.5. The van der Waals surface area contributed by atoms with E-state index in [2.05, 4.69) is 4.98 Å². The molecule has 1 fully saturated rings. The molecule has 0 bridgehead atoms. The second kappa shape index (κ2) is 5.14. The summed E-state index contributed by atoms with van der Waals surface area (Å²) >= 11 is 11.9. The molecule has 108 valence electrons. The average Bonchev–Trinajstić information content (AvgIpc) is 2.90. The van der Waals surface area contributed by atoms with Crippen molar-refractivity contribution in [1.29, 1.82) is 0 Å². The molecule has 2 aromatic rings. The van der Waals surface area contributed by atoms with Crippen molar-refractivity contribution in [2.45, 2.75) is 24.4 Å². The quantitative estimate of drug-likeness (QED) is 0.762. The zero-order chi connectivity index (χ0) is 14.4. The van der Waals surface area contributed by atoms with Crippen molar-refractivity contribution in [2.24, 2.45) is 0 Å².